The summed E-state index contributed by atoms with van der Waals surface area (Å²) >= 11 is 0. The Kier molecular flexibility index (Phi) is 4.94. The zero-order valence-electron chi connectivity index (χ0n) is 16.7. The zero-order chi connectivity index (χ0) is 20.5. The van der Waals surface area contributed by atoms with Crippen molar-refractivity contribution in [1.82, 2.24) is 9.80 Å². The molecule has 0 saturated carbocycles. The Balaban J connectivity index is 1.16. The molecule has 2 unspecified atom stereocenters. The van der Waals surface area contributed by atoms with E-state index in [4.69, 9.17) is 14.2 Å². The summed E-state index contributed by atoms with van der Waals surface area (Å²) in [5.41, 5.74) is 1.07. The summed E-state index contributed by atoms with van der Waals surface area (Å²) in [5, 5.41) is 0. The molecule has 0 N–H and O–H groups in total. The predicted molar refractivity (Wildman–Crippen MR) is 109 cm³/mol. The van der Waals surface area contributed by atoms with E-state index in [1.807, 2.05) is 47.4 Å². The van der Waals surface area contributed by atoms with Crippen molar-refractivity contribution in [3.63, 3.8) is 0 Å². The van der Waals surface area contributed by atoms with Crippen molar-refractivity contribution in [3.8, 4) is 17.2 Å². The van der Waals surface area contributed by atoms with Crippen LogP contribution in [-0.4, -0.2) is 67.1 Å². The van der Waals surface area contributed by atoms with E-state index in [0.717, 1.165) is 11.3 Å². The summed E-state index contributed by atoms with van der Waals surface area (Å²) < 4.78 is 17.3. The lowest BCUT2D eigenvalue weighted by Gasteiger charge is -2.38. The first kappa shape index (κ1) is 18.8. The maximum Gasteiger partial charge on any atom is 0.267 e. The number of ether oxygens (including phenoxy) is 3. The van der Waals surface area contributed by atoms with Gasteiger partial charge in [-0.25, -0.2) is 0 Å². The molecule has 3 heterocycles. The highest BCUT2D eigenvalue weighted by molar-refractivity contribution is 5.83. The molecule has 2 aromatic rings. The number of benzene rings is 2. The largest absolute Gasteiger partial charge is 0.492 e. The van der Waals surface area contributed by atoms with Crippen molar-refractivity contribution in [2.45, 2.75) is 12.5 Å². The van der Waals surface area contributed by atoms with Crippen LogP contribution < -0.4 is 14.2 Å². The fraction of sp³-hybridized carbons (Fsp3) is 0.391. The number of carbonyl (C=O) groups is 2. The average molecular weight is 408 g/mol. The van der Waals surface area contributed by atoms with Crippen molar-refractivity contribution in [3.05, 3.63) is 54.1 Å². The Labute approximate surface area is 175 Å². The molecule has 0 radical (unpaired) electrons. The van der Waals surface area contributed by atoms with Crippen molar-refractivity contribution >= 4 is 11.8 Å². The molecule has 7 heteroatoms. The highest BCUT2D eigenvalue weighted by atomic mass is 16.6. The van der Waals surface area contributed by atoms with Gasteiger partial charge in [0.2, 0.25) is 12.0 Å². The molecule has 0 aliphatic carbocycles. The third-order valence-corrected chi connectivity index (χ3v) is 5.92. The summed E-state index contributed by atoms with van der Waals surface area (Å²) in [6.07, 6.45) is 0.0475. The Hall–Kier alpha value is -3.22. The van der Waals surface area contributed by atoms with Gasteiger partial charge in [0.05, 0.1) is 5.92 Å². The Morgan fingerprint density at radius 2 is 1.33 bits per heavy atom. The summed E-state index contributed by atoms with van der Waals surface area (Å²) in [7, 11) is 0. The fourth-order valence-corrected chi connectivity index (χ4v) is 4.24. The van der Waals surface area contributed by atoms with Crippen molar-refractivity contribution < 1.29 is 23.8 Å². The summed E-state index contributed by atoms with van der Waals surface area (Å²) in [6, 6.07) is 15.2. The molecule has 5 rings (SSSR count). The Bertz CT molecular complexity index is 877. The third-order valence-electron chi connectivity index (χ3n) is 5.92. The second-order valence-electron chi connectivity index (χ2n) is 7.83. The summed E-state index contributed by atoms with van der Waals surface area (Å²) in [4.78, 5) is 29.5. The normalized spacial score (nSPS) is 22.7. The lowest BCUT2D eigenvalue weighted by molar-refractivity contribution is -0.148. The Morgan fingerprint density at radius 3 is 2.10 bits per heavy atom. The second-order valence-corrected chi connectivity index (χ2v) is 7.83. The number of hydrogen-bond acceptors (Lipinski definition) is 5. The fourth-order valence-electron chi connectivity index (χ4n) is 4.24. The lowest BCUT2D eigenvalue weighted by Crippen LogP contribution is -2.56. The first-order valence-electron chi connectivity index (χ1n) is 10.4. The van der Waals surface area contributed by atoms with Crippen LogP contribution in [0.1, 0.15) is 5.56 Å². The van der Waals surface area contributed by atoms with Gasteiger partial charge in [0, 0.05) is 26.2 Å². The molecule has 0 aromatic heterocycles. The minimum atomic E-state index is -0.648. The van der Waals surface area contributed by atoms with Gasteiger partial charge in [0.1, 0.15) is 19.0 Å². The van der Waals surface area contributed by atoms with Crippen molar-refractivity contribution in [2.24, 2.45) is 5.92 Å². The number of nitrogens with zero attached hydrogens (tertiary/aromatic N) is 2. The molecule has 7 nitrogen and oxygen atoms in total. The first-order chi connectivity index (χ1) is 14.7. The third kappa shape index (κ3) is 3.56. The minimum absolute atomic E-state index is 0.0912. The number of hydrogen-bond donors (Lipinski definition) is 0. The van der Waals surface area contributed by atoms with Gasteiger partial charge in [-0.15, -0.1) is 0 Å². The molecule has 30 heavy (non-hydrogen) atoms. The molecule has 3 aliphatic rings. The molecule has 156 valence electrons. The smallest absolute Gasteiger partial charge is 0.267 e. The van der Waals surface area contributed by atoms with Crippen LogP contribution in [0.15, 0.2) is 48.5 Å². The van der Waals surface area contributed by atoms with E-state index >= 15 is 0 Å². The minimum Gasteiger partial charge on any atom is -0.492 e. The van der Waals surface area contributed by atoms with E-state index in [0.29, 0.717) is 50.7 Å². The standard InChI is InChI=1S/C23H24N2O5/c26-22(17-13-16-5-1-2-6-18(16)28-14-17)24-9-11-25(12-10-24)23(27)21-15-29-19-7-3-4-8-20(19)30-21/h1-8,17,21H,9-15H2. The van der Waals surface area contributed by atoms with Crippen LogP contribution in [0, 0.1) is 5.92 Å². The van der Waals surface area contributed by atoms with E-state index in [1.165, 1.54) is 0 Å². The summed E-state index contributed by atoms with van der Waals surface area (Å²) in [5.74, 6) is 1.96. The molecule has 3 aliphatic heterocycles. The number of piperazine rings is 1. The van der Waals surface area contributed by atoms with Gasteiger partial charge in [0.25, 0.3) is 5.91 Å². The number of amides is 2. The van der Waals surface area contributed by atoms with Gasteiger partial charge in [0.15, 0.2) is 11.5 Å². The summed E-state index contributed by atoms with van der Waals surface area (Å²) in [6.45, 7) is 2.64. The van der Waals surface area contributed by atoms with Crippen molar-refractivity contribution in [1.29, 1.82) is 0 Å². The molecule has 1 saturated heterocycles. The van der Waals surface area contributed by atoms with E-state index in [-0.39, 0.29) is 24.3 Å². The van der Waals surface area contributed by atoms with Crippen LogP contribution in [-0.2, 0) is 16.0 Å². The molecule has 1 fully saturated rings. The predicted octanol–water partition coefficient (Wildman–Crippen LogP) is 1.75. The highest BCUT2D eigenvalue weighted by Gasteiger charge is 2.35. The SMILES string of the molecule is O=C(C1COc2ccccc2C1)N1CCN(C(=O)C2COc3ccccc3O2)CC1. The molecular weight excluding hydrogens is 384 g/mol. The van der Waals surface area contributed by atoms with Crippen molar-refractivity contribution in [2.75, 3.05) is 39.4 Å². The van der Waals surface area contributed by atoms with Gasteiger partial charge in [-0.05, 0) is 30.2 Å². The lowest BCUT2D eigenvalue weighted by atomic mass is 9.95. The number of carbonyl (C=O) groups excluding carboxylic acids is 2. The van der Waals surface area contributed by atoms with Gasteiger partial charge in [-0.1, -0.05) is 30.3 Å². The molecule has 2 aromatic carbocycles. The van der Waals surface area contributed by atoms with Crippen LogP contribution in [0.25, 0.3) is 0 Å². The highest BCUT2D eigenvalue weighted by Crippen LogP contribution is 2.31. The quantitative estimate of drug-likeness (QED) is 0.757. The molecule has 0 spiro atoms. The maximum absolute atomic E-state index is 13.0. The maximum atomic E-state index is 13.0. The van der Waals surface area contributed by atoms with Gasteiger partial charge < -0.3 is 24.0 Å². The van der Waals surface area contributed by atoms with E-state index in [2.05, 4.69) is 0 Å². The van der Waals surface area contributed by atoms with Gasteiger partial charge in [-0.2, -0.15) is 0 Å². The second kappa shape index (κ2) is 7.89. The number of para-hydroxylation sites is 3. The topological polar surface area (TPSA) is 68.3 Å². The molecule has 2 amide bonds. The van der Waals surface area contributed by atoms with Crippen LogP contribution in [0.4, 0.5) is 0 Å². The van der Waals surface area contributed by atoms with E-state index in [1.54, 1.807) is 11.0 Å². The number of rotatable bonds is 2. The monoisotopic (exact) mass is 408 g/mol. The average Bonchev–Trinajstić information content (AvgIpc) is 2.82. The first-order valence-corrected chi connectivity index (χ1v) is 10.4. The van der Waals surface area contributed by atoms with Gasteiger partial charge in [-0.3, -0.25) is 9.59 Å². The number of fused-ring (bicyclic) bond motifs is 2. The Morgan fingerprint density at radius 1 is 0.733 bits per heavy atom. The molecule has 0 bridgehead atoms. The van der Waals surface area contributed by atoms with Crippen LogP contribution in [0.2, 0.25) is 0 Å². The molecular formula is C23H24N2O5. The molecule has 2 atom stereocenters. The van der Waals surface area contributed by atoms with Gasteiger partial charge >= 0.3 is 0 Å². The van der Waals surface area contributed by atoms with Crippen LogP contribution in [0.5, 0.6) is 17.2 Å². The van der Waals surface area contributed by atoms with Crippen LogP contribution >= 0.6 is 0 Å². The zero-order valence-corrected chi connectivity index (χ0v) is 16.7. The van der Waals surface area contributed by atoms with E-state index < -0.39 is 6.10 Å². The van der Waals surface area contributed by atoms with Crippen LogP contribution in [0.3, 0.4) is 0 Å². The van der Waals surface area contributed by atoms with E-state index in [9.17, 15) is 9.59 Å².